The standard InChI is InChI=1S/C17H17N3O6S/c18-5-8-1-3-9(4-2-8)12(22)11-6-19-17(27-11)20-16-15(25)14(24)13(23)10(7-21)26-16/h1-4,6,10,13-16,21,23-25H,7H2,(H,19,20)/t10-,13-,14+,15+,16+/m1/s1. The summed E-state index contributed by atoms with van der Waals surface area (Å²) in [5.41, 5.74) is 0.845. The van der Waals surface area contributed by atoms with Crippen molar-refractivity contribution >= 4 is 22.3 Å². The fourth-order valence-electron chi connectivity index (χ4n) is 2.63. The van der Waals surface area contributed by atoms with E-state index in [1.165, 1.54) is 6.20 Å². The van der Waals surface area contributed by atoms with Gasteiger partial charge in [0.15, 0.2) is 11.4 Å². The van der Waals surface area contributed by atoms with Crippen LogP contribution in [0.3, 0.4) is 0 Å². The highest BCUT2D eigenvalue weighted by Gasteiger charge is 2.43. The molecule has 0 spiro atoms. The average Bonchev–Trinajstić information content (AvgIpc) is 3.16. The van der Waals surface area contributed by atoms with E-state index in [1.807, 2.05) is 6.07 Å². The first kappa shape index (κ1) is 19.4. The van der Waals surface area contributed by atoms with Gasteiger partial charge < -0.3 is 30.5 Å². The van der Waals surface area contributed by atoms with Gasteiger partial charge in [0.05, 0.1) is 29.3 Å². The third kappa shape index (κ3) is 3.98. The van der Waals surface area contributed by atoms with Gasteiger partial charge in [-0.15, -0.1) is 0 Å². The number of ketones is 1. The van der Waals surface area contributed by atoms with Crippen molar-refractivity contribution in [3.63, 3.8) is 0 Å². The van der Waals surface area contributed by atoms with Crippen molar-refractivity contribution in [3.8, 4) is 6.07 Å². The van der Waals surface area contributed by atoms with E-state index in [4.69, 9.17) is 10.00 Å². The number of aliphatic hydroxyl groups excluding tert-OH is 4. The minimum atomic E-state index is -1.51. The van der Waals surface area contributed by atoms with Crippen molar-refractivity contribution in [2.45, 2.75) is 30.6 Å². The van der Waals surface area contributed by atoms with Crippen LogP contribution in [0.2, 0.25) is 0 Å². The molecule has 1 saturated heterocycles. The number of nitriles is 1. The second-order valence-electron chi connectivity index (χ2n) is 5.94. The molecule has 2 heterocycles. The van der Waals surface area contributed by atoms with Crippen molar-refractivity contribution in [1.29, 1.82) is 5.26 Å². The van der Waals surface area contributed by atoms with E-state index < -0.39 is 37.3 Å². The quantitative estimate of drug-likeness (QED) is 0.422. The van der Waals surface area contributed by atoms with Gasteiger partial charge in [0, 0.05) is 5.56 Å². The summed E-state index contributed by atoms with van der Waals surface area (Å²) in [5, 5.41) is 50.6. The molecule has 0 amide bonds. The normalized spacial score (nSPS) is 27.7. The Hall–Kier alpha value is -2.39. The average molecular weight is 391 g/mol. The van der Waals surface area contributed by atoms with Crippen LogP contribution >= 0.6 is 11.3 Å². The molecule has 0 radical (unpaired) electrons. The maximum Gasteiger partial charge on any atom is 0.204 e. The number of benzene rings is 1. The molecule has 1 aromatic heterocycles. The highest BCUT2D eigenvalue weighted by molar-refractivity contribution is 7.17. The summed E-state index contributed by atoms with van der Waals surface area (Å²) in [7, 11) is 0. The van der Waals surface area contributed by atoms with Crippen LogP contribution in [-0.2, 0) is 4.74 Å². The second-order valence-corrected chi connectivity index (χ2v) is 6.97. The van der Waals surface area contributed by atoms with E-state index in [0.717, 1.165) is 11.3 Å². The highest BCUT2D eigenvalue weighted by Crippen LogP contribution is 2.26. The predicted molar refractivity (Wildman–Crippen MR) is 94.1 cm³/mol. The molecular formula is C17H17N3O6S. The molecule has 10 heteroatoms. The lowest BCUT2D eigenvalue weighted by atomic mass is 9.98. The molecule has 2 aromatic rings. The van der Waals surface area contributed by atoms with Gasteiger partial charge in [-0.2, -0.15) is 5.26 Å². The van der Waals surface area contributed by atoms with E-state index >= 15 is 0 Å². The number of aromatic nitrogens is 1. The van der Waals surface area contributed by atoms with Gasteiger partial charge in [0.1, 0.15) is 24.4 Å². The molecule has 1 aromatic carbocycles. The zero-order valence-electron chi connectivity index (χ0n) is 13.9. The van der Waals surface area contributed by atoms with Crippen LogP contribution in [0.15, 0.2) is 30.5 Å². The summed E-state index contributed by atoms with van der Waals surface area (Å²) >= 11 is 1.02. The zero-order chi connectivity index (χ0) is 19.6. The lowest BCUT2D eigenvalue weighted by Crippen LogP contribution is -2.60. The zero-order valence-corrected chi connectivity index (χ0v) is 14.7. The first-order valence-electron chi connectivity index (χ1n) is 8.02. The topological polar surface area (TPSA) is 156 Å². The first-order valence-corrected chi connectivity index (χ1v) is 8.84. The van der Waals surface area contributed by atoms with Crippen molar-refractivity contribution in [3.05, 3.63) is 46.5 Å². The number of rotatable bonds is 5. The molecule has 27 heavy (non-hydrogen) atoms. The third-order valence-corrected chi connectivity index (χ3v) is 5.09. The van der Waals surface area contributed by atoms with Crippen LogP contribution < -0.4 is 5.32 Å². The monoisotopic (exact) mass is 391 g/mol. The molecular weight excluding hydrogens is 374 g/mol. The largest absolute Gasteiger partial charge is 0.394 e. The lowest BCUT2D eigenvalue weighted by molar-refractivity contribution is -0.221. The Morgan fingerprint density at radius 1 is 1.22 bits per heavy atom. The van der Waals surface area contributed by atoms with Crippen molar-refractivity contribution in [1.82, 2.24) is 4.98 Å². The Labute approximate surface area is 158 Å². The summed E-state index contributed by atoms with van der Waals surface area (Å²) in [6.07, 6.45) is -5.21. The van der Waals surface area contributed by atoms with Crippen LogP contribution in [0.1, 0.15) is 20.8 Å². The molecule has 9 nitrogen and oxygen atoms in total. The third-order valence-electron chi connectivity index (χ3n) is 4.16. The molecule has 0 aliphatic carbocycles. The van der Waals surface area contributed by atoms with E-state index in [1.54, 1.807) is 24.3 Å². The van der Waals surface area contributed by atoms with Gasteiger partial charge in [-0.3, -0.25) is 4.79 Å². The van der Waals surface area contributed by atoms with Crippen LogP contribution in [0.4, 0.5) is 5.13 Å². The molecule has 3 rings (SSSR count). The summed E-state index contributed by atoms with van der Waals surface area (Å²) in [4.78, 5) is 16.9. The molecule has 142 valence electrons. The summed E-state index contributed by atoms with van der Waals surface area (Å²) in [5.74, 6) is -0.279. The number of nitrogens with zero attached hydrogens (tertiary/aromatic N) is 2. The van der Waals surface area contributed by atoms with E-state index in [2.05, 4.69) is 10.3 Å². The number of hydrogen-bond donors (Lipinski definition) is 5. The molecule has 0 saturated carbocycles. The molecule has 0 bridgehead atoms. The Morgan fingerprint density at radius 2 is 1.93 bits per heavy atom. The van der Waals surface area contributed by atoms with Crippen LogP contribution in [0.5, 0.6) is 0 Å². The van der Waals surface area contributed by atoms with Crippen LogP contribution in [0.25, 0.3) is 0 Å². The number of thiazole rings is 1. The minimum Gasteiger partial charge on any atom is -0.394 e. The van der Waals surface area contributed by atoms with Gasteiger partial charge in [0.25, 0.3) is 0 Å². The maximum atomic E-state index is 12.5. The van der Waals surface area contributed by atoms with Gasteiger partial charge >= 0.3 is 0 Å². The SMILES string of the molecule is N#Cc1ccc(C(=O)c2cnc(N[C@H]3O[C@H](CO)[C@@H](O)[C@H](O)[C@@H]3O)s2)cc1. The fourth-order valence-corrected chi connectivity index (χ4v) is 3.43. The minimum absolute atomic E-state index is 0.260. The van der Waals surface area contributed by atoms with Crippen molar-refractivity contribution in [2.24, 2.45) is 0 Å². The summed E-state index contributed by atoms with van der Waals surface area (Å²) in [6.45, 7) is -0.538. The van der Waals surface area contributed by atoms with Gasteiger partial charge in [-0.05, 0) is 24.3 Å². The predicted octanol–water partition coefficient (Wildman–Crippen LogP) is -0.542. The molecule has 1 aliphatic rings. The maximum absolute atomic E-state index is 12.5. The fraction of sp³-hybridized carbons (Fsp3) is 0.353. The van der Waals surface area contributed by atoms with Crippen molar-refractivity contribution < 1.29 is 30.0 Å². The number of carbonyl (C=O) groups is 1. The van der Waals surface area contributed by atoms with Crippen molar-refractivity contribution in [2.75, 3.05) is 11.9 Å². The van der Waals surface area contributed by atoms with E-state index in [-0.39, 0.29) is 10.9 Å². The van der Waals surface area contributed by atoms with E-state index in [0.29, 0.717) is 16.0 Å². The van der Waals surface area contributed by atoms with Crippen LogP contribution in [0, 0.1) is 11.3 Å². The summed E-state index contributed by atoms with van der Waals surface area (Å²) < 4.78 is 5.34. The number of anilines is 1. The lowest BCUT2D eigenvalue weighted by Gasteiger charge is -2.40. The number of ether oxygens (including phenoxy) is 1. The Balaban J connectivity index is 1.71. The molecule has 1 fully saturated rings. The Bertz CT molecular complexity index is 847. The molecule has 0 unspecified atom stereocenters. The van der Waals surface area contributed by atoms with Gasteiger partial charge in [-0.1, -0.05) is 11.3 Å². The van der Waals surface area contributed by atoms with Gasteiger partial charge in [0.2, 0.25) is 5.78 Å². The number of nitrogens with one attached hydrogen (secondary N) is 1. The number of carbonyl (C=O) groups excluding carboxylic acids is 1. The molecule has 5 N–H and O–H groups in total. The van der Waals surface area contributed by atoms with E-state index in [9.17, 15) is 25.2 Å². The highest BCUT2D eigenvalue weighted by atomic mass is 32.1. The number of hydrogen-bond acceptors (Lipinski definition) is 10. The number of aliphatic hydroxyl groups is 4. The smallest absolute Gasteiger partial charge is 0.204 e. The van der Waals surface area contributed by atoms with Gasteiger partial charge in [-0.25, -0.2) is 4.98 Å². The summed E-state index contributed by atoms with van der Waals surface area (Å²) in [6, 6.07) is 8.16. The molecule has 1 aliphatic heterocycles. The Kier molecular flexibility index (Phi) is 5.81. The van der Waals surface area contributed by atoms with Crippen LogP contribution in [-0.4, -0.2) is 68.4 Å². The second kappa shape index (κ2) is 8.10. The Morgan fingerprint density at radius 3 is 2.56 bits per heavy atom. The molecule has 5 atom stereocenters. The first-order chi connectivity index (χ1) is 12.9.